The van der Waals surface area contributed by atoms with Crippen molar-refractivity contribution in [2.45, 2.75) is 19.4 Å². The van der Waals surface area contributed by atoms with Crippen molar-refractivity contribution in [1.82, 2.24) is 4.90 Å². The van der Waals surface area contributed by atoms with Gasteiger partial charge in [-0.2, -0.15) is 0 Å². The van der Waals surface area contributed by atoms with E-state index in [2.05, 4.69) is 0 Å². The number of ether oxygens (including phenoxy) is 3. The molecule has 0 saturated carbocycles. The molecule has 40 heavy (non-hydrogen) atoms. The zero-order valence-electron chi connectivity index (χ0n) is 21.6. The van der Waals surface area contributed by atoms with Gasteiger partial charge < -0.3 is 19.3 Å². The number of carboxylic acid groups (broad SMARTS) is 1. The van der Waals surface area contributed by atoms with Crippen molar-refractivity contribution < 1.29 is 33.7 Å². The van der Waals surface area contributed by atoms with Crippen LogP contribution >= 0.6 is 24.0 Å². The third-order valence-electron chi connectivity index (χ3n) is 5.80. The molecule has 0 radical (unpaired) electrons. The normalized spacial score (nSPS) is 14.7. The largest absolute Gasteiger partial charge is 0.489 e. The number of hydrogen-bond acceptors (Lipinski definition) is 8. The number of carbonyl (C=O) groups is 3. The fourth-order valence-electron chi connectivity index (χ4n) is 3.88. The Hall–Kier alpha value is -4.15. The summed E-state index contributed by atoms with van der Waals surface area (Å²) in [4.78, 5) is 36.8. The van der Waals surface area contributed by atoms with E-state index in [0.29, 0.717) is 35.0 Å². The summed E-state index contributed by atoms with van der Waals surface area (Å²) >= 11 is 6.24. The maximum Gasteiger partial charge on any atom is 0.323 e. The minimum atomic E-state index is -1.15. The summed E-state index contributed by atoms with van der Waals surface area (Å²) in [5.74, 6) is -1.18. The highest BCUT2D eigenvalue weighted by Crippen LogP contribution is 2.36. The van der Waals surface area contributed by atoms with Gasteiger partial charge in [-0.15, -0.1) is 0 Å². The van der Waals surface area contributed by atoms with Gasteiger partial charge in [0.05, 0.1) is 11.5 Å². The molecule has 3 aromatic carbocycles. The van der Waals surface area contributed by atoms with Gasteiger partial charge in [0, 0.05) is 13.3 Å². The van der Waals surface area contributed by atoms with Crippen LogP contribution in [0.1, 0.15) is 29.7 Å². The molecule has 1 aliphatic rings. The highest BCUT2D eigenvalue weighted by atomic mass is 32.2. The first-order chi connectivity index (χ1) is 19.3. The van der Waals surface area contributed by atoms with Crippen LogP contribution in [0.25, 0.3) is 6.08 Å². The topological polar surface area (TPSA) is 102 Å². The lowest BCUT2D eigenvalue weighted by Crippen LogP contribution is -2.33. The van der Waals surface area contributed by atoms with E-state index in [1.54, 1.807) is 24.3 Å². The van der Waals surface area contributed by atoms with E-state index in [1.165, 1.54) is 6.92 Å². The van der Waals surface area contributed by atoms with Crippen LogP contribution in [0.5, 0.6) is 11.5 Å². The summed E-state index contributed by atoms with van der Waals surface area (Å²) in [6.07, 6.45) is 1.69. The van der Waals surface area contributed by atoms with Gasteiger partial charge in [-0.05, 0) is 34.9 Å². The Morgan fingerprint density at radius 1 is 1.02 bits per heavy atom. The molecule has 0 aromatic heterocycles. The summed E-state index contributed by atoms with van der Waals surface area (Å²) in [7, 11) is 0. The van der Waals surface area contributed by atoms with Crippen molar-refractivity contribution in [2.24, 2.45) is 0 Å². The van der Waals surface area contributed by atoms with E-state index in [9.17, 15) is 14.4 Å². The standard InChI is InChI=1S/C30H27NO7S2/c1-20(32)37-19-26(23-10-6-3-7-11-23)38-25-16-22(17-27-29(35)31(18-28(33)34)30(39)40-27)12-13-24(25)36-15-14-21-8-4-2-5-9-21/h2-13,16-17,26H,14-15,18-19H2,1H3,(H,33,34). The molecule has 206 valence electrons. The Labute approximate surface area is 241 Å². The summed E-state index contributed by atoms with van der Waals surface area (Å²) in [6.45, 7) is 1.22. The van der Waals surface area contributed by atoms with E-state index in [-0.39, 0.29) is 10.9 Å². The molecule has 1 amide bonds. The molecule has 1 atom stereocenters. The second-order valence-corrected chi connectivity index (χ2v) is 10.4. The molecule has 8 nitrogen and oxygen atoms in total. The zero-order chi connectivity index (χ0) is 28.5. The van der Waals surface area contributed by atoms with Crippen LogP contribution in [0.2, 0.25) is 0 Å². The number of thioether (sulfide) groups is 1. The number of carboxylic acids is 1. The van der Waals surface area contributed by atoms with Gasteiger partial charge in [-0.25, -0.2) is 0 Å². The van der Waals surface area contributed by atoms with Gasteiger partial charge in [0.2, 0.25) is 0 Å². The van der Waals surface area contributed by atoms with E-state index >= 15 is 0 Å². The number of nitrogens with zero attached hydrogens (tertiary/aromatic N) is 1. The van der Waals surface area contributed by atoms with Crippen LogP contribution in [0.15, 0.2) is 83.8 Å². The van der Waals surface area contributed by atoms with E-state index in [4.69, 9.17) is 31.5 Å². The molecule has 1 heterocycles. The van der Waals surface area contributed by atoms with Crippen molar-refractivity contribution in [2.75, 3.05) is 19.8 Å². The third kappa shape index (κ3) is 7.93. The van der Waals surface area contributed by atoms with Crippen molar-refractivity contribution in [3.63, 3.8) is 0 Å². The molecule has 3 aromatic rings. The molecule has 4 rings (SSSR count). The fraction of sp³-hybridized carbons (Fsp3) is 0.200. The number of carbonyl (C=O) groups excluding carboxylic acids is 2. The second kappa shape index (κ2) is 13.8. The van der Waals surface area contributed by atoms with Crippen LogP contribution in [0, 0.1) is 0 Å². The molecule has 1 fully saturated rings. The second-order valence-electron chi connectivity index (χ2n) is 8.77. The Kier molecular flexibility index (Phi) is 9.93. The van der Waals surface area contributed by atoms with Gasteiger partial charge in [0.25, 0.3) is 5.91 Å². The van der Waals surface area contributed by atoms with Crippen LogP contribution in [-0.4, -0.2) is 51.9 Å². The number of hydrogen-bond donors (Lipinski definition) is 1. The highest BCUT2D eigenvalue weighted by molar-refractivity contribution is 8.26. The molecule has 1 N–H and O–H groups in total. The first kappa shape index (κ1) is 28.8. The van der Waals surface area contributed by atoms with Crippen LogP contribution in [-0.2, 0) is 25.5 Å². The van der Waals surface area contributed by atoms with Gasteiger partial charge in [0.15, 0.2) is 17.6 Å². The predicted molar refractivity (Wildman–Crippen MR) is 156 cm³/mol. The Morgan fingerprint density at radius 2 is 1.73 bits per heavy atom. The molecular formula is C30H27NO7S2. The predicted octanol–water partition coefficient (Wildman–Crippen LogP) is 5.28. The van der Waals surface area contributed by atoms with E-state index in [0.717, 1.165) is 27.8 Å². The molecule has 0 bridgehead atoms. The lowest BCUT2D eigenvalue weighted by molar-refractivity contribution is -0.143. The van der Waals surface area contributed by atoms with Crippen molar-refractivity contribution >= 4 is 52.2 Å². The summed E-state index contributed by atoms with van der Waals surface area (Å²) in [5, 5.41) is 9.11. The Morgan fingerprint density at radius 3 is 2.40 bits per heavy atom. The number of aliphatic carboxylic acids is 1. The minimum absolute atomic E-state index is 0.0130. The monoisotopic (exact) mass is 577 g/mol. The molecule has 1 saturated heterocycles. The maximum absolute atomic E-state index is 12.8. The van der Waals surface area contributed by atoms with Crippen LogP contribution in [0.3, 0.4) is 0 Å². The van der Waals surface area contributed by atoms with Gasteiger partial charge in [-0.3, -0.25) is 19.3 Å². The lowest BCUT2D eigenvalue weighted by Gasteiger charge is -2.21. The highest BCUT2D eigenvalue weighted by Gasteiger charge is 2.33. The molecule has 10 heteroatoms. The maximum atomic E-state index is 12.8. The quantitative estimate of drug-likeness (QED) is 0.175. The Bertz CT molecular complexity index is 1410. The average molecular weight is 578 g/mol. The van der Waals surface area contributed by atoms with Gasteiger partial charge in [0.1, 0.15) is 17.5 Å². The first-order valence-electron chi connectivity index (χ1n) is 12.4. The lowest BCUT2D eigenvalue weighted by atomic mass is 10.1. The average Bonchev–Trinajstić information content (AvgIpc) is 3.19. The molecule has 1 aliphatic heterocycles. The molecule has 0 aliphatic carbocycles. The minimum Gasteiger partial charge on any atom is -0.489 e. The summed E-state index contributed by atoms with van der Waals surface area (Å²) in [6, 6.07) is 24.6. The van der Waals surface area contributed by atoms with Crippen molar-refractivity contribution in [1.29, 1.82) is 0 Å². The van der Waals surface area contributed by atoms with Crippen molar-refractivity contribution in [3.8, 4) is 11.5 Å². The fourth-order valence-corrected chi connectivity index (χ4v) is 5.14. The third-order valence-corrected chi connectivity index (χ3v) is 7.18. The molecule has 1 unspecified atom stereocenters. The molecule has 0 spiro atoms. The first-order valence-corrected chi connectivity index (χ1v) is 13.7. The van der Waals surface area contributed by atoms with Gasteiger partial charge in [-0.1, -0.05) is 90.7 Å². The van der Waals surface area contributed by atoms with Crippen LogP contribution in [0.4, 0.5) is 0 Å². The zero-order valence-corrected chi connectivity index (χ0v) is 23.3. The van der Waals surface area contributed by atoms with Crippen molar-refractivity contribution in [3.05, 3.63) is 100 Å². The summed E-state index contributed by atoms with van der Waals surface area (Å²) < 4.78 is 17.9. The number of rotatable bonds is 12. The smallest absolute Gasteiger partial charge is 0.323 e. The van der Waals surface area contributed by atoms with E-state index in [1.807, 2.05) is 60.7 Å². The van der Waals surface area contributed by atoms with E-state index < -0.39 is 30.5 Å². The number of benzene rings is 3. The summed E-state index contributed by atoms with van der Waals surface area (Å²) in [5.41, 5.74) is 2.56. The van der Waals surface area contributed by atoms with Crippen LogP contribution < -0.4 is 9.47 Å². The number of thiocarbonyl (C=S) groups is 1. The SMILES string of the molecule is CC(=O)OCC(Oc1cc(C=C2SC(=S)N(CC(=O)O)C2=O)ccc1OCCc1ccccc1)c1ccccc1. The Balaban J connectivity index is 1.62. The van der Waals surface area contributed by atoms with Gasteiger partial charge >= 0.3 is 11.9 Å². The number of amides is 1. The molecular weight excluding hydrogens is 550 g/mol. The number of esters is 1.